The number of anilines is 1. The highest BCUT2D eigenvalue weighted by Crippen LogP contribution is 2.48. The summed E-state index contributed by atoms with van der Waals surface area (Å²) in [6, 6.07) is 6.27. The molecule has 0 aliphatic carbocycles. The van der Waals surface area contributed by atoms with Crippen molar-refractivity contribution in [2.75, 3.05) is 33.8 Å². The lowest BCUT2D eigenvalue weighted by Crippen LogP contribution is -2.11. The number of ether oxygens (including phenoxy) is 4. The van der Waals surface area contributed by atoms with Crippen LogP contribution in [-0.2, 0) is 15.3 Å². The van der Waals surface area contributed by atoms with Crippen LogP contribution in [0.15, 0.2) is 28.6 Å². The highest BCUT2D eigenvalue weighted by Gasteiger charge is 2.22. The van der Waals surface area contributed by atoms with Crippen LogP contribution in [0.3, 0.4) is 0 Å². The normalized spacial score (nSPS) is 10.1. The Morgan fingerprint density at radius 3 is 2.00 bits per heavy atom. The molecule has 0 atom stereocenters. The molecule has 0 fully saturated rings. The lowest BCUT2D eigenvalue weighted by atomic mass is 9.99. The molecule has 0 aliphatic rings. The van der Waals surface area contributed by atoms with Crippen LogP contribution in [0.1, 0.15) is 13.3 Å². The first-order valence-corrected chi connectivity index (χ1v) is 9.55. The first-order valence-electron chi connectivity index (χ1n) is 8.52. The molecule has 1 N–H and O–H groups in total. The first-order chi connectivity index (χ1) is 13.9. The summed E-state index contributed by atoms with van der Waals surface area (Å²) in [7, 11) is 3.12. The fraction of sp³-hybridized carbons (Fsp3) is 0.316. The largest absolute Gasteiger partial charge is 0.495 e. The van der Waals surface area contributed by atoms with E-state index in [2.05, 4.69) is 9.68 Å². The van der Waals surface area contributed by atoms with Crippen molar-refractivity contribution in [1.82, 2.24) is 0 Å². The van der Waals surface area contributed by atoms with E-state index in [4.69, 9.17) is 18.9 Å². The van der Waals surface area contributed by atoms with Crippen LogP contribution in [0.25, 0.3) is 11.1 Å². The quantitative estimate of drug-likeness (QED) is 0.693. The third-order valence-corrected chi connectivity index (χ3v) is 4.42. The second-order valence-corrected chi connectivity index (χ2v) is 6.28. The number of hydrogen-bond donors (Lipinski definition) is 1. The molecule has 0 saturated carbocycles. The van der Waals surface area contributed by atoms with Crippen molar-refractivity contribution in [3.8, 4) is 34.1 Å². The van der Waals surface area contributed by atoms with Crippen molar-refractivity contribution in [1.29, 1.82) is 0 Å². The summed E-state index contributed by atoms with van der Waals surface area (Å²) >= 11 is 0. The van der Waals surface area contributed by atoms with E-state index in [-0.39, 0.29) is 23.7 Å². The smallest absolute Gasteiger partial charge is 0.316 e. The monoisotopic (exact) mass is 422 g/mol. The Bertz CT molecular complexity index is 1020. The Morgan fingerprint density at radius 2 is 1.55 bits per heavy atom. The van der Waals surface area contributed by atoms with Gasteiger partial charge >= 0.3 is 10.5 Å². The van der Waals surface area contributed by atoms with Gasteiger partial charge in [0.2, 0.25) is 11.7 Å². The molecular weight excluding hydrogens is 400 g/mol. The zero-order valence-electron chi connectivity index (χ0n) is 16.7. The maximum Gasteiger partial charge on any atom is 0.316 e. The van der Waals surface area contributed by atoms with Gasteiger partial charge in [0.05, 0.1) is 39.8 Å². The molecule has 0 heterocycles. The minimum atomic E-state index is -2.72. The number of rotatable bonds is 8. The van der Waals surface area contributed by atoms with Crippen molar-refractivity contribution in [2.45, 2.75) is 13.3 Å². The van der Waals surface area contributed by atoms with Gasteiger partial charge < -0.3 is 24.3 Å². The zero-order valence-corrected chi connectivity index (χ0v) is 17.5. The van der Waals surface area contributed by atoms with Gasteiger partial charge in [-0.3, -0.25) is 4.79 Å². The van der Waals surface area contributed by atoms with Crippen LogP contribution >= 0.6 is 0 Å². The van der Waals surface area contributed by atoms with Gasteiger partial charge in [-0.05, 0) is 29.8 Å². The van der Waals surface area contributed by atoms with Crippen LogP contribution in [0.5, 0.6) is 23.0 Å². The molecule has 9 nitrogen and oxygen atoms in total. The van der Waals surface area contributed by atoms with Crippen LogP contribution in [0.4, 0.5) is 11.4 Å². The number of carbonyl (C=O) groups is 1. The summed E-state index contributed by atoms with van der Waals surface area (Å²) in [6.07, 6.45) is 0.215. The van der Waals surface area contributed by atoms with Crippen molar-refractivity contribution >= 4 is 27.8 Å². The molecule has 0 bridgehead atoms. The molecule has 2 aromatic rings. The highest BCUT2D eigenvalue weighted by molar-refractivity contribution is 7.61. The average molecular weight is 422 g/mol. The molecule has 10 heteroatoms. The number of nitrogens with one attached hydrogen (secondary N) is 1. The molecule has 1 amide bonds. The Hall–Kier alpha value is -3.27. The molecule has 0 aliphatic heterocycles. The number of amides is 1. The summed E-state index contributed by atoms with van der Waals surface area (Å²) in [4.78, 5) is 12.1. The van der Waals surface area contributed by atoms with Crippen molar-refractivity contribution in [3.63, 3.8) is 0 Å². The molecule has 0 unspecified atom stereocenters. The van der Waals surface area contributed by atoms with Crippen LogP contribution in [-0.4, -0.2) is 42.8 Å². The molecule has 0 spiro atoms. The van der Waals surface area contributed by atoms with Gasteiger partial charge in [0.25, 0.3) is 0 Å². The Balaban J connectivity index is 2.94. The lowest BCUT2D eigenvalue weighted by molar-refractivity contribution is -0.115. The number of carbonyl (C=O) groups excluding carboxylic acids is 1. The molecule has 0 radical (unpaired) electrons. The fourth-order valence-corrected chi connectivity index (χ4v) is 3.08. The molecule has 0 saturated heterocycles. The molecule has 2 rings (SSSR count). The highest BCUT2D eigenvalue weighted by atomic mass is 32.2. The van der Waals surface area contributed by atoms with E-state index in [0.29, 0.717) is 34.1 Å². The van der Waals surface area contributed by atoms with Gasteiger partial charge in [-0.15, -0.1) is 4.36 Å². The van der Waals surface area contributed by atoms with E-state index in [1.807, 2.05) is 0 Å². The molecule has 0 aromatic heterocycles. The van der Waals surface area contributed by atoms with Crippen LogP contribution in [0, 0.1) is 0 Å². The van der Waals surface area contributed by atoms with Gasteiger partial charge in [0, 0.05) is 12.0 Å². The second-order valence-electron chi connectivity index (χ2n) is 5.66. The Kier molecular flexibility index (Phi) is 7.43. The van der Waals surface area contributed by atoms with Gasteiger partial charge in [-0.25, -0.2) is 0 Å². The van der Waals surface area contributed by atoms with Gasteiger partial charge in [-0.2, -0.15) is 8.42 Å². The number of methoxy groups -OCH3 is 4. The van der Waals surface area contributed by atoms with E-state index in [1.54, 1.807) is 19.1 Å². The molecule has 2 aromatic carbocycles. The van der Waals surface area contributed by atoms with Gasteiger partial charge in [0.1, 0.15) is 5.75 Å². The SMILES string of the molecule is CCC(=O)Nc1c(OC)ccc(N=S(=O)=O)c1-c1cc(OC)c(OC)c(OC)c1. The van der Waals surface area contributed by atoms with E-state index < -0.39 is 10.5 Å². The van der Waals surface area contributed by atoms with E-state index in [9.17, 15) is 13.2 Å². The number of benzene rings is 2. The molecule has 29 heavy (non-hydrogen) atoms. The van der Waals surface area contributed by atoms with Crippen LogP contribution in [0.2, 0.25) is 0 Å². The predicted molar refractivity (Wildman–Crippen MR) is 108 cm³/mol. The van der Waals surface area contributed by atoms with Crippen molar-refractivity contribution in [3.05, 3.63) is 24.3 Å². The second kappa shape index (κ2) is 9.78. The van der Waals surface area contributed by atoms with Gasteiger partial charge in [0.15, 0.2) is 11.5 Å². The lowest BCUT2D eigenvalue weighted by Gasteiger charge is -2.19. The standard InChI is InChI=1S/C19H22N2O7S/c1-6-16(22)20-18-13(25-2)8-7-12(21-29(23)24)17(18)11-9-14(26-3)19(28-5)15(10-11)27-4/h7-10H,6H2,1-5H3,(H,20,22). The third kappa shape index (κ3) is 4.77. The molecular formula is C19H22N2O7S. The third-order valence-electron chi connectivity index (χ3n) is 4.08. The summed E-state index contributed by atoms with van der Waals surface area (Å²) in [5.41, 5.74) is 1.20. The Labute approximate surface area is 170 Å². The number of nitrogens with zero attached hydrogens (tertiary/aromatic N) is 1. The first kappa shape index (κ1) is 22.0. The Morgan fingerprint density at radius 1 is 0.966 bits per heavy atom. The average Bonchev–Trinajstić information content (AvgIpc) is 2.72. The van der Waals surface area contributed by atoms with Crippen LogP contribution < -0.4 is 24.3 Å². The maximum absolute atomic E-state index is 12.1. The van der Waals surface area contributed by atoms with Crippen molar-refractivity contribution < 1.29 is 32.2 Å². The summed E-state index contributed by atoms with van der Waals surface area (Å²) < 4.78 is 47.7. The summed E-state index contributed by atoms with van der Waals surface area (Å²) in [5.74, 6) is 1.13. The minimum Gasteiger partial charge on any atom is -0.495 e. The van der Waals surface area contributed by atoms with E-state index >= 15 is 0 Å². The minimum absolute atomic E-state index is 0.111. The van der Waals surface area contributed by atoms with E-state index in [0.717, 1.165) is 0 Å². The summed E-state index contributed by atoms with van der Waals surface area (Å²) in [6.45, 7) is 1.70. The summed E-state index contributed by atoms with van der Waals surface area (Å²) in [5, 5.41) is 2.76. The fourth-order valence-electron chi connectivity index (χ4n) is 2.77. The number of hydrogen-bond acceptors (Lipinski definition) is 8. The van der Waals surface area contributed by atoms with Crippen molar-refractivity contribution in [2.24, 2.45) is 4.36 Å². The predicted octanol–water partition coefficient (Wildman–Crippen LogP) is 3.43. The van der Waals surface area contributed by atoms with E-state index in [1.165, 1.54) is 40.6 Å². The van der Waals surface area contributed by atoms with Gasteiger partial charge in [-0.1, -0.05) is 6.92 Å². The molecule has 156 valence electrons. The maximum atomic E-state index is 12.1. The zero-order chi connectivity index (χ0) is 21.6. The topological polar surface area (TPSA) is 113 Å².